The Morgan fingerprint density at radius 2 is 1.90 bits per heavy atom. The Morgan fingerprint density at radius 1 is 1.03 bits per heavy atom. The summed E-state index contributed by atoms with van der Waals surface area (Å²) in [5.74, 6) is 1.05. The Balaban J connectivity index is 1.46. The van der Waals surface area contributed by atoms with Crippen molar-refractivity contribution in [2.45, 2.75) is 0 Å². The van der Waals surface area contributed by atoms with Gasteiger partial charge in [-0.2, -0.15) is 5.10 Å². The van der Waals surface area contributed by atoms with E-state index >= 15 is 0 Å². The number of aromatic nitrogens is 3. The molecular weight excluding hydrogens is 368 g/mol. The highest BCUT2D eigenvalue weighted by molar-refractivity contribution is 6.03. The molecule has 0 saturated carbocycles. The summed E-state index contributed by atoms with van der Waals surface area (Å²) in [6, 6.07) is 15.1. The third-order valence-electron chi connectivity index (χ3n) is 4.56. The highest BCUT2D eigenvalue weighted by Crippen LogP contribution is 2.31. The molecule has 0 unspecified atom stereocenters. The van der Waals surface area contributed by atoms with E-state index in [4.69, 9.17) is 9.47 Å². The number of nitrogens with one attached hydrogen (secondary N) is 3. The second-order valence-electron chi connectivity index (χ2n) is 6.36. The first-order valence-electron chi connectivity index (χ1n) is 9.00. The Morgan fingerprint density at radius 3 is 2.72 bits per heavy atom. The lowest BCUT2D eigenvalue weighted by atomic mass is 10.1. The fraction of sp³-hybridized carbons (Fsp3) is 0.0909. The van der Waals surface area contributed by atoms with Gasteiger partial charge in [-0.15, -0.1) is 0 Å². The summed E-state index contributed by atoms with van der Waals surface area (Å²) in [4.78, 5) is 15.6. The van der Waals surface area contributed by atoms with Gasteiger partial charge in [0, 0.05) is 40.6 Å². The van der Waals surface area contributed by atoms with E-state index in [9.17, 15) is 4.79 Å². The normalized spacial score (nSPS) is 11.1. The molecule has 0 radical (unpaired) electrons. The first-order chi connectivity index (χ1) is 14.2. The highest BCUT2D eigenvalue weighted by Gasteiger charge is 2.11. The number of carbonyl (C=O) groups is 1. The average molecular weight is 388 g/mol. The molecule has 7 heteroatoms. The average Bonchev–Trinajstić information content (AvgIpc) is 3.42. The minimum Gasteiger partial charge on any atom is -0.493 e. The van der Waals surface area contributed by atoms with Gasteiger partial charge in [0.2, 0.25) is 5.78 Å². The maximum atomic E-state index is 12.4. The van der Waals surface area contributed by atoms with Crippen molar-refractivity contribution < 1.29 is 14.3 Å². The number of fused-ring (bicyclic) bond motifs is 1. The highest BCUT2D eigenvalue weighted by atomic mass is 16.5. The van der Waals surface area contributed by atoms with Crippen molar-refractivity contribution in [3.05, 3.63) is 72.7 Å². The van der Waals surface area contributed by atoms with Gasteiger partial charge >= 0.3 is 0 Å². The summed E-state index contributed by atoms with van der Waals surface area (Å²) in [6.07, 6.45) is 4.97. The summed E-state index contributed by atoms with van der Waals surface area (Å²) >= 11 is 0. The summed E-state index contributed by atoms with van der Waals surface area (Å²) in [5, 5.41) is 11.2. The van der Waals surface area contributed by atoms with E-state index in [0.29, 0.717) is 22.9 Å². The molecular formula is C22H20N4O3. The van der Waals surface area contributed by atoms with Crippen LogP contribution in [0, 0.1) is 0 Å². The van der Waals surface area contributed by atoms with Crippen molar-refractivity contribution in [1.29, 1.82) is 0 Å². The number of H-pyrrole nitrogens is 2. The fourth-order valence-electron chi connectivity index (χ4n) is 3.04. The lowest BCUT2D eigenvalue weighted by molar-refractivity contribution is 0.104. The van der Waals surface area contributed by atoms with E-state index < -0.39 is 0 Å². The second-order valence-corrected chi connectivity index (χ2v) is 6.36. The molecule has 0 aliphatic carbocycles. The monoisotopic (exact) mass is 388 g/mol. The van der Waals surface area contributed by atoms with Crippen LogP contribution >= 0.6 is 0 Å². The predicted octanol–water partition coefficient (Wildman–Crippen LogP) is 4.38. The number of benzene rings is 2. The van der Waals surface area contributed by atoms with Crippen molar-refractivity contribution in [3.63, 3.8) is 0 Å². The number of aromatic amines is 2. The third kappa shape index (κ3) is 3.84. The van der Waals surface area contributed by atoms with E-state index in [1.54, 1.807) is 32.6 Å². The number of allylic oxidation sites excluding steroid dienone is 1. The Kier molecular flexibility index (Phi) is 5.03. The molecule has 0 saturated heterocycles. The number of nitrogens with zero attached hydrogens (tertiary/aromatic N) is 1. The van der Waals surface area contributed by atoms with Gasteiger partial charge in [-0.3, -0.25) is 9.89 Å². The molecule has 29 heavy (non-hydrogen) atoms. The minimum atomic E-state index is -0.181. The standard InChI is InChI=1S/C22H20N4O3/c1-28-21-6-3-14(12-22(21)29-2)18-13-19(26-25-18)20(27)8-10-23-16-4-5-17-15(11-16)7-9-24-17/h3-13,23-24H,1-2H3,(H,25,26)/b10-8-. The van der Waals surface area contributed by atoms with Crippen molar-refractivity contribution in [2.75, 3.05) is 19.5 Å². The smallest absolute Gasteiger partial charge is 0.205 e. The van der Waals surface area contributed by atoms with E-state index in [0.717, 1.165) is 22.2 Å². The third-order valence-corrected chi connectivity index (χ3v) is 4.56. The molecule has 0 aliphatic rings. The lowest BCUT2D eigenvalue weighted by Gasteiger charge is -2.08. The molecule has 0 spiro atoms. The lowest BCUT2D eigenvalue weighted by Crippen LogP contribution is -1.96. The quantitative estimate of drug-likeness (QED) is 0.323. The maximum Gasteiger partial charge on any atom is 0.205 e. The van der Waals surface area contributed by atoms with Crippen LogP contribution in [0.4, 0.5) is 5.69 Å². The number of hydrogen-bond acceptors (Lipinski definition) is 5. The number of anilines is 1. The summed E-state index contributed by atoms with van der Waals surface area (Å²) in [6.45, 7) is 0. The molecule has 0 amide bonds. The first-order valence-corrected chi connectivity index (χ1v) is 9.00. The summed E-state index contributed by atoms with van der Waals surface area (Å²) in [7, 11) is 3.16. The number of ketones is 1. The molecule has 3 N–H and O–H groups in total. The van der Waals surface area contributed by atoms with Crippen molar-refractivity contribution in [3.8, 4) is 22.8 Å². The fourth-order valence-corrected chi connectivity index (χ4v) is 3.04. The van der Waals surface area contributed by atoms with Crippen molar-refractivity contribution >= 4 is 22.4 Å². The molecule has 4 aromatic rings. The van der Waals surface area contributed by atoms with Crippen LogP contribution in [0.5, 0.6) is 11.5 Å². The van der Waals surface area contributed by atoms with Crippen LogP contribution < -0.4 is 14.8 Å². The molecule has 4 rings (SSSR count). The van der Waals surface area contributed by atoms with E-state index in [1.165, 1.54) is 6.08 Å². The molecule has 2 aromatic carbocycles. The van der Waals surface area contributed by atoms with Gasteiger partial charge in [0.1, 0.15) is 5.69 Å². The van der Waals surface area contributed by atoms with Gasteiger partial charge in [0.15, 0.2) is 11.5 Å². The van der Waals surface area contributed by atoms with Crippen molar-refractivity contribution in [2.24, 2.45) is 0 Å². The number of ether oxygens (including phenoxy) is 2. The van der Waals surface area contributed by atoms with Crippen LogP contribution in [-0.2, 0) is 0 Å². The van der Waals surface area contributed by atoms with Crippen LogP contribution in [0.2, 0.25) is 0 Å². The molecule has 7 nitrogen and oxygen atoms in total. The Bertz CT molecular complexity index is 1190. The van der Waals surface area contributed by atoms with E-state index in [-0.39, 0.29) is 5.78 Å². The largest absolute Gasteiger partial charge is 0.493 e. The van der Waals surface area contributed by atoms with Gasteiger partial charge in [-0.25, -0.2) is 0 Å². The molecule has 0 fully saturated rings. The zero-order valence-electron chi connectivity index (χ0n) is 16.0. The van der Waals surface area contributed by atoms with Crippen LogP contribution in [0.1, 0.15) is 10.5 Å². The number of rotatable bonds is 7. The molecule has 2 heterocycles. The second kappa shape index (κ2) is 7.93. The Hall–Kier alpha value is -4.00. The Labute approximate surface area is 167 Å². The molecule has 0 bridgehead atoms. The zero-order valence-corrected chi connectivity index (χ0v) is 16.0. The molecule has 2 aromatic heterocycles. The van der Waals surface area contributed by atoms with Gasteiger partial charge in [0.05, 0.1) is 19.9 Å². The number of carbonyl (C=O) groups excluding carboxylic acids is 1. The van der Waals surface area contributed by atoms with E-state index in [2.05, 4.69) is 20.5 Å². The predicted molar refractivity (Wildman–Crippen MR) is 113 cm³/mol. The first kappa shape index (κ1) is 18.4. The van der Waals surface area contributed by atoms with Gasteiger partial charge in [-0.05, 0) is 48.5 Å². The van der Waals surface area contributed by atoms with Crippen LogP contribution in [0.3, 0.4) is 0 Å². The van der Waals surface area contributed by atoms with Crippen LogP contribution in [0.25, 0.3) is 22.2 Å². The van der Waals surface area contributed by atoms with E-state index in [1.807, 2.05) is 42.6 Å². The zero-order chi connectivity index (χ0) is 20.2. The number of hydrogen-bond donors (Lipinski definition) is 3. The molecule has 0 atom stereocenters. The molecule has 146 valence electrons. The minimum absolute atomic E-state index is 0.181. The van der Waals surface area contributed by atoms with Gasteiger partial charge in [0.25, 0.3) is 0 Å². The van der Waals surface area contributed by atoms with Crippen LogP contribution in [0.15, 0.2) is 67.0 Å². The summed E-state index contributed by atoms with van der Waals surface area (Å²) in [5.41, 5.74) is 3.83. The number of methoxy groups -OCH3 is 2. The van der Waals surface area contributed by atoms with Gasteiger partial charge < -0.3 is 19.8 Å². The maximum absolute atomic E-state index is 12.4. The van der Waals surface area contributed by atoms with Gasteiger partial charge in [-0.1, -0.05) is 0 Å². The summed E-state index contributed by atoms with van der Waals surface area (Å²) < 4.78 is 10.6. The van der Waals surface area contributed by atoms with Crippen molar-refractivity contribution in [1.82, 2.24) is 15.2 Å². The molecule has 0 aliphatic heterocycles. The SMILES string of the molecule is COc1ccc(-c2cc(C(=O)/C=C\Nc3ccc4[nH]ccc4c3)[nH]n2)cc1OC. The topological polar surface area (TPSA) is 92.0 Å². The van der Waals surface area contributed by atoms with Crippen LogP contribution in [-0.4, -0.2) is 35.2 Å².